The highest BCUT2D eigenvalue weighted by atomic mass is 32.1. The van der Waals surface area contributed by atoms with E-state index in [-0.39, 0.29) is 0 Å². The molecule has 1 fully saturated rings. The van der Waals surface area contributed by atoms with Gasteiger partial charge in [0.1, 0.15) is 0 Å². The maximum absolute atomic E-state index is 3.57. The highest BCUT2D eigenvalue weighted by Gasteiger charge is 2.21. The molecule has 1 aromatic heterocycles. The molecule has 0 saturated carbocycles. The first-order chi connectivity index (χ1) is 8.75. The van der Waals surface area contributed by atoms with E-state index in [0.29, 0.717) is 0 Å². The molecule has 102 valence electrons. The highest BCUT2D eigenvalue weighted by molar-refractivity contribution is 7.09. The molecule has 3 heteroatoms. The van der Waals surface area contributed by atoms with Gasteiger partial charge in [0.05, 0.1) is 0 Å². The molecule has 0 amide bonds. The molecule has 1 N–H and O–H groups in total. The number of hydrogen-bond donors (Lipinski definition) is 1. The van der Waals surface area contributed by atoms with Gasteiger partial charge in [-0.3, -0.25) is 4.90 Å². The van der Waals surface area contributed by atoms with Crippen molar-refractivity contribution in [2.24, 2.45) is 5.92 Å². The van der Waals surface area contributed by atoms with E-state index in [1.807, 2.05) is 11.3 Å². The quantitative estimate of drug-likeness (QED) is 0.796. The lowest BCUT2D eigenvalue weighted by atomic mass is 9.93. The number of hydrogen-bond acceptors (Lipinski definition) is 3. The Morgan fingerprint density at radius 2 is 2.28 bits per heavy atom. The average molecular weight is 266 g/mol. The summed E-state index contributed by atoms with van der Waals surface area (Å²) in [6, 6.07) is 5.13. The average Bonchev–Trinajstić information content (AvgIpc) is 2.84. The van der Waals surface area contributed by atoms with Gasteiger partial charge in [0.15, 0.2) is 0 Å². The number of likely N-dealkylation sites (tertiary alicyclic amines) is 1. The van der Waals surface area contributed by atoms with Crippen molar-refractivity contribution in [2.75, 3.05) is 26.2 Å². The van der Waals surface area contributed by atoms with E-state index in [1.165, 1.54) is 37.2 Å². The molecule has 0 spiro atoms. The molecule has 2 unspecified atom stereocenters. The van der Waals surface area contributed by atoms with E-state index < -0.39 is 0 Å². The van der Waals surface area contributed by atoms with Gasteiger partial charge in [-0.15, -0.1) is 11.3 Å². The van der Waals surface area contributed by atoms with E-state index >= 15 is 0 Å². The van der Waals surface area contributed by atoms with Crippen molar-refractivity contribution in [1.82, 2.24) is 10.2 Å². The fraction of sp³-hybridized carbons (Fsp3) is 0.733. The fourth-order valence-corrected chi connectivity index (χ4v) is 3.51. The van der Waals surface area contributed by atoms with Gasteiger partial charge in [-0.1, -0.05) is 13.0 Å². The van der Waals surface area contributed by atoms with Gasteiger partial charge < -0.3 is 5.32 Å². The molecular formula is C15H26N2S. The Balaban J connectivity index is 1.55. The van der Waals surface area contributed by atoms with Crippen LogP contribution in [0.3, 0.4) is 0 Å². The fourth-order valence-electron chi connectivity index (χ4n) is 2.80. The third kappa shape index (κ3) is 4.38. The van der Waals surface area contributed by atoms with Crippen LogP contribution in [0.1, 0.15) is 31.6 Å². The van der Waals surface area contributed by atoms with Gasteiger partial charge >= 0.3 is 0 Å². The van der Waals surface area contributed by atoms with E-state index in [9.17, 15) is 0 Å². The second kappa shape index (κ2) is 7.27. The van der Waals surface area contributed by atoms with Crippen molar-refractivity contribution in [3.05, 3.63) is 22.4 Å². The van der Waals surface area contributed by atoms with E-state index in [4.69, 9.17) is 0 Å². The monoisotopic (exact) mass is 266 g/mol. The Bertz CT molecular complexity index is 323. The summed E-state index contributed by atoms with van der Waals surface area (Å²) in [4.78, 5) is 4.13. The first kappa shape index (κ1) is 14.0. The summed E-state index contributed by atoms with van der Waals surface area (Å²) >= 11 is 1.86. The van der Waals surface area contributed by atoms with Crippen molar-refractivity contribution in [3.8, 4) is 0 Å². The molecule has 0 aliphatic carbocycles. The first-order valence-corrected chi connectivity index (χ1v) is 8.11. The molecule has 2 nitrogen and oxygen atoms in total. The molecule has 2 atom stereocenters. The molecule has 1 aromatic rings. The Morgan fingerprint density at radius 1 is 1.39 bits per heavy atom. The minimum atomic E-state index is 0.771. The summed E-state index contributed by atoms with van der Waals surface area (Å²) in [6.45, 7) is 9.49. The highest BCUT2D eigenvalue weighted by Crippen LogP contribution is 2.21. The zero-order valence-electron chi connectivity index (χ0n) is 11.7. The third-order valence-electron chi connectivity index (χ3n) is 3.98. The smallest absolute Gasteiger partial charge is 0.0110 e. The number of thiophene rings is 1. The Labute approximate surface area is 115 Å². The van der Waals surface area contributed by atoms with Crippen LogP contribution in [0, 0.1) is 5.92 Å². The zero-order valence-corrected chi connectivity index (χ0v) is 12.5. The molecule has 18 heavy (non-hydrogen) atoms. The van der Waals surface area contributed by atoms with Gasteiger partial charge in [-0.2, -0.15) is 0 Å². The summed E-state index contributed by atoms with van der Waals surface area (Å²) in [5, 5.41) is 5.73. The van der Waals surface area contributed by atoms with Crippen LogP contribution >= 0.6 is 11.3 Å². The predicted molar refractivity (Wildman–Crippen MR) is 80.3 cm³/mol. The van der Waals surface area contributed by atoms with Gasteiger partial charge in [0, 0.05) is 30.6 Å². The Kier molecular flexibility index (Phi) is 5.67. The minimum Gasteiger partial charge on any atom is -0.315 e. The maximum atomic E-state index is 3.57. The largest absolute Gasteiger partial charge is 0.315 e. The maximum Gasteiger partial charge on any atom is 0.0110 e. The van der Waals surface area contributed by atoms with Gasteiger partial charge in [0.2, 0.25) is 0 Å². The lowest BCUT2D eigenvalue weighted by Crippen LogP contribution is -2.43. The normalized spacial score (nSPS) is 25.4. The number of nitrogens with zero attached hydrogens (tertiary/aromatic N) is 1. The predicted octanol–water partition coefficient (Wildman–Crippen LogP) is 3.00. The first-order valence-electron chi connectivity index (χ1n) is 7.23. The lowest BCUT2D eigenvalue weighted by molar-refractivity contribution is 0.130. The molecular weight excluding hydrogens is 240 g/mol. The SMILES string of the molecule is CC1CCN(CCNCCc2cccs2)C(C)C1. The molecule has 2 heterocycles. The van der Waals surface area contributed by atoms with Crippen LogP contribution in [0.5, 0.6) is 0 Å². The molecule has 0 bridgehead atoms. The van der Waals surface area contributed by atoms with Crippen molar-refractivity contribution < 1.29 is 0 Å². The Hall–Kier alpha value is -0.380. The molecule has 1 aliphatic heterocycles. The van der Waals surface area contributed by atoms with Crippen LogP contribution in [0.25, 0.3) is 0 Å². The number of piperidine rings is 1. The van der Waals surface area contributed by atoms with Crippen LogP contribution in [0.4, 0.5) is 0 Å². The van der Waals surface area contributed by atoms with Crippen molar-refractivity contribution in [2.45, 2.75) is 39.2 Å². The van der Waals surface area contributed by atoms with Gasteiger partial charge in [-0.25, -0.2) is 0 Å². The molecule has 0 radical (unpaired) electrons. The summed E-state index contributed by atoms with van der Waals surface area (Å²) in [5.41, 5.74) is 0. The summed E-state index contributed by atoms with van der Waals surface area (Å²) < 4.78 is 0. The van der Waals surface area contributed by atoms with Gasteiger partial charge in [-0.05, 0) is 50.1 Å². The molecule has 0 aromatic carbocycles. The summed E-state index contributed by atoms with van der Waals surface area (Å²) in [6.07, 6.45) is 3.92. The summed E-state index contributed by atoms with van der Waals surface area (Å²) in [5.74, 6) is 0.919. The minimum absolute atomic E-state index is 0.771. The molecule has 1 saturated heterocycles. The summed E-state index contributed by atoms with van der Waals surface area (Å²) in [7, 11) is 0. The third-order valence-corrected chi connectivity index (χ3v) is 4.92. The van der Waals surface area contributed by atoms with E-state index in [0.717, 1.165) is 25.0 Å². The van der Waals surface area contributed by atoms with Crippen molar-refractivity contribution in [1.29, 1.82) is 0 Å². The van der Waals surface area contributed by atoms with Crippen molar-refractivity contribution >= 4 is 11.3 Å². The standard InChI is InChI=1S/C15H26N2S/c1-13-6-9-17(14(2)12-13)10-8-16-7-5-15-4-3-11-18-15/h3-4,11,13-14,16H,5-10,12H2,1-2H3. The topological polar surface area (TPSA) is 15.3 Å². The number of nitrogens with one attached hydrogen (secondary N) is 1. The van der Waals surface area contributed by atoms with Crippen LogP contribution < -0.4 is 5.32 Å². The number of rotatable bonds is 6. The van der Waals surface area contributed by atoms with Crippen molar-refractivity contribution in [3.63, 3.8) is 0 Å². The lowest BCUT2D eigenvalue weighted by Gasteiger charge is -2.36. The second-order valence-corrected chi connectivity index (χ2v) is 6.63. The van der Waals surface area contributed by atoms with E-state index in [1.54, 1.807) is 0 Å². The van der Waals surface area contributed by atoms with E-state index in [2.05, 4.69) is 41.6 Å². The Morgan fingerprint density at radius 3 is 3.00 bits per heavy atom. The van der Waals surface area contributed by atoms with Crippen LogP contribution in [-0.2, 0) is 6.42 Å². The molecule has 1 aliphatic rings. The van der Waals surface area contributed by atoms with Crippen LogP contribution in [0.15, 0.2) is 17.5 Å². The zero-order chi connectivity index (χ0) is 12.8. The van der Waals surface area contributed by atoms with Crippen LogP contribution in [0.2, 0.25) is 0 Å². The molecule has 2 rings (SSSR count). The van der Waals surface area contributed by atoms with Crippen LogP contribution in [-0.4, -0.2) is 37.1 Å². The second-order valence-electron chi connectivity index (χ2n) is 5.59. The van der Waals surface area contributed by atoms with Gasteiger partial charge in [0.25, 0.3) is 0 Å².